The summed E-state index contributed by atoms with van der Waals surface area (Å²) in [6.07, 6.45) is 0. The van der Waals surface area contributed by atoms with E-state index in [0.29, 0.717) is 11.3 Å². The lowest BCUT2D eigenvalue weighted by Gasteiger charge is -2.12. The van der Waals surface area contributed by atoms with Crippen molar-refractivity contribution in [1.29, 1.82) is 0 Å². The zero-order chi connectivity index (χ0) is 19.8. The zero-order valence-corrected chi connectivity index (χ0v) is 15.0. The van der Waals surface area contributed by atoms with Gasteiger partial charge in [0.05, 0.1) is 11.1 Å². The number of nitrogens with one attached hydrogen (secondary N) is 1. The Kier molecular flexibility index (Phi) is 4.27. The summed E-state index contributed by atoms with van der Waals surface area (Å²) in [4.78, 5) is 53.2. The zero-order valence-electron chi connectivity index (χ0n) is 15.0. The van der Waals surface area contributed by atoms with Gasteiger partial charge < -0.3 is 9.72 Å². The van der Waals surface area contributed by atoms with Crippen molar-refractivity contribution in [3.8, 4) is 0 Å². The summed E-state index contributed by atoms with van der Waals surface area (Å²) in [5, 5.41) is 0.751. The Morgan fingerprint density at radius 3 is 2.25 bits per heavy atom. The first-order valence-electron chi connectivity index (χ1n) is 8.68. The maximum atomic E-state index is 12.5. The molecule has 0 aliphatic carbocycles. The van der Waals surface area contributed by atoms with Crippen LogP contribution in [0.4, 0.5) is 0 Å². The lowest BCUT2D eigenvalue weighted by atomic mass is 10.1. The molecule has 0 fully saturated rings. The SMILES string of the molecule is Cc1[nH]c2ccccc2c1C(=O)COC(=O)CN1C(=O)c2ccccc2C1=O. The van der Waals surface area contributed by atoms with Gasteiger partial charge in [0.15, 0.2) is 6.61 Å². The summed E-state index contributed by atoms with van der Waals surface area (Å²) in [5.41, 5.74) is 2.48. The molecule has 1 aliphatic rings. The molecule has 28 heavy (non-hydrogen) atoms. The van der Waals surface area contributed by atoms with Gasteiger partial charge in [0, 0.05) is 22.2 Å². The number of carbonyl (C=O) groups excluding carboxylic acids is 4. The average molecular weight is 376 g/mol. The normalized spacial score (nSPS) is 13.1. The Bertz CT molecular complexity index is 1110. The van der Waals surface area contributed by atoms with E-state index < -0.39 is 30.9 Å². The van der Waals surface area contributed by atoms with Crippen molar-refractivity contribution in [3.63, 3.8) is 0 Å². The van der Waals surface area contributed by atoms with Gasteiger partial charge in [-0.1, -0.05) is 30.3 Å². The number of nitrogens with zero attached hydrogens (tertiary/aromatic N) is 1. The third kappa shape index (κ3) is 2.87. The molecule has 0 bridgehead atoms. The molecule has 0 saturated carbocycles. The number of ketones is 1. The average Bonchev–Trinajstić information content (AvgIpc) is 3.15. The number of hydrogen-bond donors (Lipinski definition) is 1. The number of Topliss-reactive ketones (excluding diaryl/α,β-unsaturated/α-hetero) is 1. The Morgan fingerprint density at radius 2 is 1.57 bits per heavy atom. The molecule has 0 unspecified atom stereocenters. The smallest absolute Gasteiger partial charge is 0.326 e. The fourth-order valence-corrected chi connectivity index (χ4v) is 3.41. The molecular formula is C21H16N2O5. The van der Waals surface area contributed by atoms with Crippen LogP contribution in [-0.4, -0.2) is 46.6 Å². The minimum absolute atomic E-state index is 0.255. The van der Waals surface area contributed by atoms with E-state index in [1.54, 1.807) is 19.1 Å². The molecule has 1 N–H and O–H groups in total. The second-order valence-electron chi connectivity index (χ2n) is 6.50. The van der Waals surface area contributed by atoms with Crippen LogP contribution in [0.3, 0.4) is 0 Å². The van der Waals surface area contributed by atoms with E-state index in [1.165, 1.54) is 12.1 Å². The maximum Gasteiger partial charge on any atom is 0.326 e. The number of amides is 2. The van der Waals surface area contributed by atoms with Crippen molar-refractivity contribution in [2.45, 2.75) is 6.92 Å². The van der Waals surface area contributed by atoms with Gasteiger partial charge in [0.2, 0.25) is 5.78 Å². The van der Waals surface area contributed by atoms with Crippen LogP contribution >= 0.6 is 0 Å². The Balaban J connectivity index is 1.43. The molecule has 4 rings (SSSR count). The number of benzene rings is 2. The Hall–Kier alpha value is -3.74. The van der Waals surface area contributed by atoms with Gasteiger partial charge >= 0.3 is 5.97 Å². The second-order valence-corrected chi connectivity index (χ2v) is 6.50. The number of aryl methyl sites for hydroxylation is 1. The van der Waals surface area contributed by atoms with Crippen molar-refractivity contribution >= 4 is 34.5 Å². The van der Waals surface area contributed by atoms with Crippen LogP contribution in [0.25, 0.3) is 10.9 Å². The predicted octanol–water partition coefficient (Wildman–Crippen LogP) is 2.50. The van der Waals surface area contributed by atoms with Gasteiger partial charge in [-0.25, -0.2) is 0 Å². The highest BCUT2D eigenvalue weighted by atomic mass is 16.5. The summed E-state index contributed by atoms with van der Waals surface area (Å²) < 4.78 is 5.04. The molecule has 2 amide bonds. The quantitative estimate of drug-likeness (QED) is 0.419. The molecule has 7 nitrogen and oxygen atoms in total. The molecule has 2 aromatic carbocycles. The molecule has 0 radical (unpaired) electrons. The lowest BCUT2D eigenvalue weighted by Crippen LogP contribution is -2.36. The van der Waals surface area contributed by atoms with Crippen molar-refractivity contribution in [2.24, 2.45) is 0 Å². The van der Waals surface area contributed by atoms with Crippen molar-refractivity contribution in [1.82, 2.24) is 9.88 Å². The molecule has 3 aromatic rings. The molecule has 0 spiro atoms. The highest BCUT2D eigenvalue weighted by Gasteiger charge is 2.36. The van der Waals surface area contributed by atoms with Crippen LogP contribution in [0.15, 0.2) is 48.5 Å². The minimum Gasteiger partial charge on any atom is -0.456 e. The first-order chi connectivity index (χ1) is 13.5. The monoisotopic (exact) mass is 376 g/mol. The van der Waals surface area contributed by atoms with E-state index in [4.69, 9.17) is 4.74 Å². The van der Waals surface area contributed by atoms with Gasteiger partial charge in [-0.05, 0) is 25.1 Å². The largest absolute Gasteiger partial charge is 0.456 e. The molecule has 7 heteroatoms. The molecule has 140 valence electrons. The van der Waals surface area contributed by atoms with Crippen LogP contribution in [-0.2, 0) is 9.53 Å². The van der Waals surface area contributed by atoms with Crippen molar-refractivity contribution in [3.05, 3.63) is 70.9 Å². The van der Waals surface area contributed by atoms with E-state index in [-0.39, 0.29) is 16.9 Å². The number of H-pyrrole nitrogens is 1. The topological polar surface area (TPSA) is 96.5 Å². The van der Waals surface area contributed by atoms with Crippen LogP contribution in [0.1, 0.15) is 36.8 Å². The van der Waals surface area contributed by atoms with Gasteiger partial charge in [-0.15, -0.1) is 0 Å². The Morgan fingerprint density at radius 1 is 0.964 bits per heavy atom. The molecule has 1 aromatic heterocycles. The third-order valence-electron chi connectivity index (χ3n) is 4.70. The predicted molar refractivity (Wildman–Crippen MR) is 100 cm³/mol. The van der Waals surface area contributed by atoms with E-state index in [2.05, 4.69) is 4.98 Å². The van der Waals surface area contributed by atoms with Crippen LogP contribution in [0.5, 0.6) is 0 Å². The van der Waals surface area contributed by atoms with Crippen LogP contribution in [0.2, 0.25) is 0 Å². The molecule has 2 heterocycles. The van der Waals surface area contributed by atoms with Crippen molar-refractivity contribution < 1.29 is 23.9 Å². The number of carbonyl (C=O) groups is 4. The molecular weight excluding hydrogens is 360 g/mol. The summed E-state index contributed by atoms with van der Waals surface area (Å²) in [7, 11) is 0. The van der Waals surface area contributed by atoms with E-state index in [0.717, 1.165) is 15.8 Å². The number of rotatable bonds is 5. The standard InChI is InChI=1S/C21H16N2O5/c1-12-19(15-8-4-5-9-16(15)22-12)17(24)11-28-18(25)10-23-20(26)13-6-2-3-7-14(13)21(23)27/h2-9,22H,10-11H2,1H3. The highest BCUT2D eigenvalue weighted by Crippen LogP contribution is 2.23. The van der Waals surface area contributed by atoms with E-state index in [1.807, 2.05) is 24.3 Å². The van der Waals surface area contributed by atoms with E-state index in [9.17, 15) is 19.2 Å². The number of ether oxygens (including phenoxy) is 1. The molecule has 1 aliphatic heterocycles. The number of esters is 1. The van der Waals surface area contributed by atoms with E-state index >= 15 is 0 Å². The summed E-state index contributed by atoms with van der Waals surface area (Å²) in [6.45, 7) is 0.769. The number of aromatic nitrogens is 1. The number of aromatic amines is 1. The number of para-hydroxylation sites is 1. The van der Waals surface area contributed by atoms with Crippen LogP contribution < -0.4 is 0 Å². The van der Waals surface area contributed by atoms with Gasteiger partial charge in [0.1, 0.15) is 6.54 Å². The van der Waals surface area contributed by atoms with Crippen LogP contribution in [0, 0.1) is 6.92 Å². The summed E-state index contributed by atoms with van der Waals surface area (Å²) in [5.74, 6) is -2.27. The van der Waals surface area contributed by atoms with Gasteiger partial charge in [-0.2, -0.15) is 0 Å². The molecule has 0 atom stereocenters. The van der Waals surface area contributed by atoms with Crippen molar-refractivity contribution in [2.75, 3.05) is 13.2 Å². The summed E-state index contributed by atoms with van der Waals surface area (Å²) >= 11 is 0. The number of imide groups is 1. The first kappa shape index (κ1) is 17.7. The molecule has 0 saturated heterocycles. The second kappa shape index (κ2) is 6.77. The van der Waals surface area contributed by atoms with Gasteiger partial charge in [-0.3, -0.25) is 24.1 Å². The summed E-state index contributed by atoms with van der Waals surface area (Å²) in [6, 6.07) is 13.7. The highest BCUT2D eigenvalue weighted by molar-refractivity contribution is 6.22. The lowest BCUT2D eigenvalue weighted by molar-refractivity contribution is -0.142. The van der Waals surface area contributed by atoms with Gasteiger partial charge in [0.25, 0.3) is 11.8 Å². The minimum atomic E-state index is -0.819. The fraction of sp³-hybridized carbons (Fsp3) is 0.143. The maximum absolute atomic E-state index is 12.5. The fourth-order valence-electron chi connectivity index (χ4n) is 3.41. The Labute approximate surface area is 159 Å². The number of fused-ring (bicyclic) bond motifs is 2. The first-order valence-corrected chi connectivity index (χ1v) is 8.68. The number of hydrogen-bond acceptors (Lipinski definition) is 5. The third-order valence-corrected chi connectivity index (χ3v) is 4.70.